The van der Waals surface area contributed by atoms with Crippen LogP contribution in [0.25, 0.3) is 11.1 Å². The molecular formula is C27H31NO. The van der Waals surface area contributed by atoms with Crippen LogP contribution in [0.4, 0.5) is 0 Å². The fourth-order valence-electron chi connectivity index (χ4n) is 3.54. The summed E-state index contributed by atoms with van der Waals surface area (Å²) in [5.41, 5.74) is 6.57. The topological polar surface area (TPSA) is 12.5 Å². The molecule has 3 rings (SSSR count). The quantitative estimate of drug-likeness (QED) is 0.488. The average Bonchev–Trinajstić information content (AvgIpc) is 3.02. The van der Waals surface area contributed by atoms with Gasteiger partial charge in [0.25, 0.3) is 0 Å². The Morgan fingerprint density at radius 2 is 1.66 bits per heavy atom. The van der Waals surface area contributed by atoms with E-state index in [1.165, 1.54) is 27.8 Å². The lowest BCUT2D eigenvalue weighted by molar-refractivity contribution is 0.261. The first-order chi connectivity index (χ1) is 14.2. The molecule has 1 aliphatic carbocycles. The monoisotopic (exact) mass is 385 g/mol. The van der Waals surface area contributed by atoms with Gasteiger partial charge in [-0.1, -0.05) is 79.8 Å². The summed E-state index contributed by atoms with van der Waals surface area (Å²) >= 11 is 0. The van der Waals surface area contributed by atoms with Crippen LogP contribution < -0.4 is 4.74 Å². The zero-order valence-electron chi connectivity index (χ0n) is 17.8. The molecule has 0 unspecified atom stereocenters. The molecule has 2 aromatic carbocycles. The third-order valence-electron chi connectivity index (χ3n) is 5.04. The van der Waals surface area contributed by atoms with Gasteiger partial charge in [-0.05, 0) is 66.9 Å². The molecule has 0 amide bonds. The van der Waals surface area contributed by atoms with Crippen LogP contribution in [-0.2, 0) is 0 Å². The minimum absolute atomic E-state index is 0.694. The number of likely N-dealkylation sites (N-methyl/N-ethyl adjacent to an activating group) is 1. The molecule has 1 aliphatic rings. The van der Waals surface area contributed by atoms with Gasteiger partial charge < -0.3 is 9.64 Å². The average molecular weight is 386 g/mol. The van der Waals surface area contributed by atoms with E-state index in [2.05, 4.69) is 111 Å². The van der Waals surface area contributed by atoms with Gasteiger partial charge in [0.15, 0.2) is 0 Å². The van der Waals surface area contributed by atoms with Crippen LogP contribution in [-0.4, -0.2) is 32.1 Å². The highest BCUT2D eigenvalue weighted by Crippen LogP contribution is 2.37. The lowest BCUT2D eigenvalue weighted by Crippen LogP contribution is -2.19. The first-order valence-corrected chi connectivity index (χ1v) is 10.4. The Balaban J connectivity index is 2.00. The van der Waals surface area contributed by atoms with Crippen molar-refractivity contribution >= 4 is 11.1 Å². The Morgan fingerprint density at radius 3 is 2.34 bits per heavy atom. The third kappa shape index (κ3) is 5.82. The fourth-order valence-corrected chi connectivity index (χ4v) is 3.54. The highest BCUT2D eigenvalue weighted by molar-refractivity contribution is 5.98. The molecule has 0 N–H and O–H groups in total. The van der Waals surface area contributed by atoms with Crippen LogP contribution in [0.2, 0.25) is 0 Å². The van der Waals surface area contributed by atoms with Crippen molar-refractivity contribution in [3.63, 3.8) is 0 Å². The summed E-state index contributed by atoms with van der Waals surface area (Å²) in [7, 11) is 4.12. The van der Waals surface area contributed by atoms with Gasteiger partial charge in [-0.3, -0.25) is 0 Å². The zero-order valence-corrected chi connectivity index (χ0v) is 17.8. The Morgan fingerprint density at radius 1 is 0.897 bits per heavy atom. The number of benzene rings is 2. The van der Waals surface area contributed by atoms with Crippen molar-refractivity contribution in [3.05, 3.63) is 102 Å². The number of rotatable bonds is 8. The third-order valence-corrected chi connectivity index (χ3v) is 5.04. The largest absolute Gasteiger partial charge is 0.492 e. The second-order valence-corrected chi connectivity index (χ2v) is 7.46. The molecule has 0 bridgehead atoms. The van der Waals surface area contributed by atoms with Crippen molar-refractivity contribution in [3.8, 4) is 5.75 Å². The molecule has 0 saturated carbocycles. The highest BCUT2D eigenvalue weighted by Gasteiger charge is 2.15. The summed E-state index contributed by atoms with van der Waals surface area (Å²) in [5, 5.41) is 0. The molecule has 0 radical (unpaired) electrons. The lowest BCUT2D eigenvalue weighted by Gasteiger charge is -2.18. The predicted molar refractivity (Wildman–Crippen MR) is 125 cm³/mol. The molecular weight excluding hydrogens is 354 g/mol. The normalized spacial score (nSPS) is 14.4. The standard InChI is InChI=1S/C27H31NO/c1-4-26(22-12-10-7-11-13-22)27(23-14-8-5-6-9-15-23)24-16-18-25(19-17-24)29-21-20-28(2)3/h5-14,16-19H,4,15,20-21H2,1-3H3/b27-26-. The van der Waals surface area contributed by atoms with Crippen LogP contribution in [0.3, 0.4) is 0 Å². The second kappa shape index (κ2) is 10.6. The van der Waals surface area contributed by atoms with Crippen LogP contribution in [0.1, 0.15) is 30.9 Å². The fraction of sp³-hybridized carbons (Fsp3) is 0.259. The van der Waals surface area contributed by atoms with Crippen LogP contribution in [0, 0.1) is 0 Å². The summed E-state index contributed by atoms with van der Waals surface area (Å²) in [6, 6.07) is 19.3. The predicted octanol–water partition coefficient (Wildman–Crippen LogP) is 6.39. The Hall–Kier alpha value is -2.84. The maximum atomic E-state index is 5.89. The van der Waals surface area contributed by atoms with E-state index < -0.39 is 0 Å². The molecule has 2 aromatic rings. The lowest BCUT2D eigenvalue weighted by atomic mass is 9.86. The van der Waals surface area contributed by atoms with Gasteiger partial charge in [0, 0.05) is 6.54 Å². The van der Waals surface area contributed by atoms with Gasteiger partial charge in [-0.15, -0.1) is 0 Å². The van der Waals surface area contributed by atoms with E-state index in [-0.39, 0.29) is 0 Å². The van der Waals surface area contributed by atoms with Crippen molar-refractivity contribution in [2.45, 2.75) is 19.8 Å². The van der Waals surface area contributed by atoms with E-state index in [1.807, 2.05) is 0 Å². The molecule has 0 aromatic heterocycles. The minimum Gasteiger partial charge on any atom is -0.492 e. The van der Waals surface area contributed by atoms with E-state index in [0.717, 1.165) is 25.1 Å². The number of allylic oxidation sites excluding steroid dienone is 8. The van der Waals surface area contributed by atoms with Crippen molar-refractivity contribution in [1.29, 1.82) is 0 Å². The van der Waals surface area contributed by atoms with Crippen molar-refractivity contribution in [2.75, 3.05) is 27.2 Å². The summed E-state index contributed by atoms with van der Waals surface area (Å²) in [4.78, 5) is 2.13. The molecule has 2 nitrogen and oxygen atoms in total. The van der Waals surface area contributed by atoms with E-state index in [9.17, 15) is 0 Å². The van der Waals surface area contributed by atoms with E-state index in [4.69, 9.17) is 4.74 Å². The van der Waals surface area contributed by atoms with Crippen LogP contribution in [0.15, 0.2) is 90.6 Å². The van der Waals surface area contributed by atoms with E-state index in [1.54, 1.807) is 0 Å². The van der Waals surface area contributed by atoms with Crippen LogP contribution in [0.5, 0.6) is 5.75 Å². The van der Waals surface area contributed by atoms with Gasteiger partial charge in [0.05, 0.1) is 0 Å². The van der Waals surface area contributed by atoms with Gasteiger partial charge in [-0.2, -0.15) is 0 Å². The number of hydrogen-bond acceptors (Lipinski definition) is 2. The maximum Gasteiger partial charge on any atom is 0.119 e. The van der Waals surface area contributed by atoms with Gasteiger partial charge in [0.1, 0.15) is 12.4 Å². The molecule has 2 heteroatoms. The van der Waals surface area contributed by atoms with Crippen molar-refractivity contribution in [1.82, 2.24) is 4.90 Å². The minimum atomic E-state index is 0.694. The molecule has 0 aliphatic heterocycles. The highest BCUT2D eigenvalue weighted by atomic mass is 16.5. The Bertz CT molecular complexity index is 899. The summed E-state index contributed by atoms with van der Waals surface area (Å²) in [5.74, 6) is 0.919. The molecule has 0 heterocycles. The number of nitrogens with zero attached hydrogens (tertiary/aromatic N) is 1. The van der Waals surface area contributed by atoms with Gasteiger partial charge >= 0.3 is 0 Å². The Kier molecular flexibility index (Phi) is 7.66. The molecule has 0 fully saturated rings. The van der Waals surface area contributed by atoms with Crippen molar-refractivity contribution in [2.24, 2.45) is 0 Å². The molecule has 0 atom stereocenters. The number of hydrogen-bond donors (Lipinski definition) is 0. The van der Waals surface area contributed by atoms with E-state index >= 15 is 0 Å². The maximum absolute atomic E-state index is 5.89. The van der Waals surface area contributed by atoms with Gasteiger partial charge in [-0.25, -0.2) is 0 Å². The SMILES string of the molecule is CC/C(=C(\C1=CC=CC=CC1)c1ccc(OCCN(C)C)cc1)c1ccccc1. The molecule has 29 heavy (non-hydrogen) atoms. The number of ether oxygens (including phenoxy) is 1. The zero-order chi connectivity index (χ0) is 20.5. The summed E-state index contributed by atoms with van der Waals surface area (Å²) in [6.45, 7) is 3.84. The summed E-state index contributed by atoms with van der Waals surface area (Å²) in [6.07, 6.45) is 12.7. The first-order valence-electron chi connectivity index (χ1n) is 10.4. The smallest absolute Gasteiger partial charge is 0.119 e. The van der Waals surface area contributed by atoms with Crippen molar-refractivity contribution < 1.29 is 4.74 Å². The second-order valence-electron chi connectivity index (χ2n) is 7.46. The summed E-state index contributed by atoms with van der Waals surface area (Å²) < 4.78 is 5.89. The Labute approximate surface area is 175 Å². The van der Waals surface area contributed by atoms with Crippen LogP contribution >= 0.6 is 0 Å². The van der Waals surface area contributed by atoms with E-state index in [0.29, 0.717) is 6.61 Å². The van der Waals surface area contributed by atoms with Gasteiger partial charge in [0.2, 0.25) is 0 Å². The molecule has 150 valence electrons. The molecule has 0 spiro atoms. The first kappa shape index (κ1) is 20.9. The molecule has 0 saturated heterocycles.